The topological polar surface area (TPSA) is 102 Å². The van der Waals surface area contributed by atoms with Crippen LogP contribution in [0.2, 0.25) is 0 Å². The number of benzene rings is 2. The Balaban J connectivity index is 1.09. The van der Waals surface area contributed by atoms with Gasteiger partial charge in [-0.2, -0.15) is 0 Å². The predicted octanol–water partition coefficient (Wildman–Crippen LogP) is 3.67. The summed E-state index contributed by atoms with van der Waals surface area (Å²) in [4.78, 5) is 3.31. The molecule has 28 heavy (non-hydrogen) atoms. The van der Waals surface area contributed by atoms with Crippen LogP contribution in [0.1, 0.15) is 24.8 Å². The summed E-state index contributed by atoms with van der Waals surface area (Å²) in [5, 5.41) is 12.3. The Morgan fingerprint density at radius 3 is 2.86 bits per heavy atom. The Bertz CT molecular complexity index is 1040. The first-order valence-corrected chi connectivity index (χ1v) is 9.71. The highest BCUT2D eigenvalue weighted by Gasteiger charge is 2.04. The Kier molecular flexibility index (Phi) is 5.72. The van der Waals surface area contributed by atoms with E-state index in [2.05, 4.69) is 37.5 Å². The van der Waals surface area contributed by atoms with Crippen LogP contribution in [0.25, 0.3) is 21.9 Å². The second kappa shape index (κ2) is 8.75. The molecule has 146 valence electrons. The van der Waals surface area contributed by atoms with Crippen molar-refractivity contribution >= 4 is 27.6 Å². The van der Waals surface area contributed by atoms with Crippen molar-refractivity contribution < 1.29 is 9.37 Å². The van der Waals surface area contributed by atoms with E-state index in [0.29, 0.717) is 12.1 Å². The fourth-order valence-corrected chi connectivity index (χ4v) is 3.33. The van der Waals surface area contributed by atoms with Crippen LogP contribution in [0.4, 0.5) is 5.69 Å². The molecule has 4 N–H and O–H groups in total. The SMILES string of the molecule is Nc1ccc2[nH]cc(CCCCNCCCOc3ccc4nonc4c3)c2c1. The molecule has 2 aromatic carbocycles. The lowest BCUT2D eigenvalue weighted by molar-refractivity contribution is 0.307. The molecule has 0 unspecified atom stereocenters. The summed E-state index contributed by atoms with van der Waals surface area (Å²) in [5.41, 5.74) is 10.7. The normalized spacial score (nSPS) is 11.4. The zero-order valence-electron chi connectivity index (χ0n) is 15.8. The first-order chi connectivity index (χ1) is 13.8. The number of hydrogen-bond acceptors (Lipinski definition) is 6. The zero-order chi connectivity index (χ0) is 19.2. The van der Waals surface area contributed by atoms with E-state index in [1.54, 1.807) is 0 Å². The molecule has 7 heteroatoms. The molecule has 2 heterocycles. The number of fused-ring (bicyclic) bond motifs is 2. The van der Waals surface area contributed by atoms with Gasteiger partial charge < -0.3 is 20.8 Å². The van der Waals surface area contributed by atoms with Crippen LogP contribution in [0.3, 0.4) is 0 Å². The summed E-state index contributed by atoms with van der Waals surface area (Å²) in [7, 11) is 0. The maximum Gasteiger partial charge on any atom is 0.138 e. The molecule has 0 fully saturated rings. The summed E-state index contributed by atoms with van der Waals surface area (Å²) >= 11 is 0. The molecule has 0 spiro atoms. The van der Waals surface area contributed by atoms with Crippen LogP contribution < -0.4 is 15.8 Å². The molecule has 0 bridgehead atoms. The average molecular weight is 379 g/mol. The van der Waals surface area contributed by atoms with E-state index in [-0.39, 0.29) is 0 Å². The van der Waals surface area contributed by atoms with E-state index in [0.717, 1.165) is 61.2 Å². The summed E-state index contributed by atoms with van der Waals surface area (Å²) in [6.07, 6.45) is 6.41. The van der Waals surface area contributed by atoms with Crippen molar-refractivity contribution in [1.29, 1.82) is 0 Å². The van der Waals surface area contributed by atoms with Gasteiger partial charge in [0, 0.05) is 28.9 Å². The van der Waals surface area contributed by atoms with Gasteiger partial charge in [-0.25, -0.2) is 4.63 Å². The van der Waals surface area contributed by atoms with E-state index < -0.39 is 0 Å². The van der Waals surface area contributed by atoms with E-state index in [1.165, 1.54) is 10.9 Å². The van der Waals surface area contributed by atoms with Crippen molar-refractivity contribution in [1.82, 2.24) is 20.6 Å². The number of rotatable bonds is 10. The van der Waals surface area contributed by atoms with Gasteiger partial charge in [-0.1, -0.05) is 0 Å². The molecule has 0 saturated heterocycles. The van der Waals surface area contributed by atoms with Gasteiger partial charge >= 0.3 is 0 Å². The maximum atomic E-state index is 5.90. The first kappa shape index (κ1) is 18.3. The molecule has 0 radical (unpaired) electrons. The van der Waals surface area contributed by atoms with Crippen LogP contribution in [-0.4, -0.2) is 35.0 Å². The molecule has 2 aromatic heterocycles. The number of unbranched alkanes of at least 4 members (excludes halogenated alkanes) is 1. The lowest BCUT2D eigenvalue weighted by Crippen LogP contribution is -2.18. The fraction of sp³-hybridized carbons (Fsp3) is 0.333. The number of aromatic amines is 1. The molecular formula is C21H25N5O2. The Morgan fingerprint density at radius 2 is 1.89 bits per heavy atom. The number of H-pyrrole nitrogens is 1. The Morgan fingerprint density at radius 1 is 1.00 bits per heavy atom. The summed E-state index contributed by atoms with van der Waals surface area (Å²) in [5.74, 6) is 0.794. The molecule has 0 aliphatic carbocycles. The number of nitrogens with one attached hydrogen (secondary N) is 2. The number of nitrogens with two attached hydrogens (primary N) is 1. The smallest absolute Gasteiger partial charge is 0.138 e. The molecule has 4 aromatic rings. The number of aromatic nitrogens is 3. The molecule has 0 amide bonds. The molecule has 0 aliphatic heterocycles. The number of anilines is 1. The number of nitrogens with zero attached hydrogens (tertiary/aromatic N) is 2. The van der Waals surface area contributed by atoms with Crippen molar-refractivity contribution in [2.75, 3.05) is 25.4 Å². The van der Waals surface area contributed by atoms with Gasteiger partial charge in [0.05, 0.1) is 6.61 Å². The minimum Gasteiger partial charge on any atom is -0.493 e. The molecular weight excluding hydrogens is 354 g/mol. The monoisotopic (exact) mass is 379 g/mol. The lowest BCUT2D eigenvalue weighted by atomic mass is 10.1. The molecule has 7 nitrogen and oxygen atoms in total. The van der Waals surface area contributed by atoms with Gasteiger partial charge in [0.15, 0.2) is 0 Å². The number of nitrogen functional groups attached to an aromatic ring is 1. The highest BCUT2D eigenvalue weighted by molar-refractivity contribution is 5.86. The third-order valence-corrected chi connectivity index (χ3v) is 4.83. The Hall–Kier alpha value is -3.06. The summed E-state index contributed by atoms with van der Waals surface area (Å²) < 4.78 is 10.4. The minimum absolute atomic E-state index is 0.667. The molecule has 4 rings (SSSR count). The summed E-state index contributed by atoms with van der Waals surface area (Å²) in [6, 6.07) is 11.6. The second-order valence-corrected chi connectivity index (χ2v) is 6.94. The van der Waals surface area contributed by atoms with Gasteiger partial charge in [-0.15, -0.1) is 0 Å². The largest absolute Gasteiger partial charge is 0.493 e. The number of ether oxygens (including phenoxy) is 1. The van der Waals surface area contributed by atoms with Crippen molar-refractivity contribution in [2.45, 2.75) is 25.7 Å². The summed E-state index contributed by atoms with van der Waals surface area (Å²) in [6.45, 7) is 2.62. The number of hydrogen-bond donors (Lipinski definition) is 3. The van der Waals surface area contributed by atoms with Gasteiger partial charge in [0.1, 0.15) is 16.8 Å². The van der Waals surface area contributed by atoms with Crippen molar-refractivity contribution in [3.63, 3.8) is 0 Å². The minimum atomic E-state index is 0.667. The predicted molar refractivity (Wildman–Crippen MR) is 110 cm³/mol. The van der Waals surface area contributed by atoms with E-state index >= 15 is 0 Å². The van der Waals surface area contributed by atoms with Crippen LogP contribution in [-0.2, 0) is 6.42 Å². The highest BCUT2D eigenvalue weighted by Crippen LogP contribution is 2.22. The standard InChI is InChI=1S/C21H25N5O2/c22-16-5-7-19-18(12-16)15(14-24-19)4-1-2-9-23-10-3-11-27-17-6-8-20-21(13-17)26-28-25-20/h5-8,12-14,23-24H,1-4,9-11,22H2. The van der Waals surface area contributed by atoms with Gasteiger partial charge in [0.25, 0.3) is 0 Å². The molecule has 0 atom stereocenters. The van der Waals surface area contributed by atoms with Crippen molar-refractivity contribution in [3.05, 3.63) is 48.2 Å². The van der Waals surface area contributed by atoms with Crippen molar-refractivity contribution in [2.24, 2.45) is 0 Å². The van der Waals surface area contributed by atoms with Gasteiger partial charge in [-0.3, -0.25) is 0 Å². The van der Waals surface area contributed by atoms with Crippen LogP contribution >= 0.6 is 0 Å². The molecule has 0 saturated carbocycles. The highest BCUT2D eigenvalue weighted by atomic mass is 16.6. The van der Waals surface area contributed by atoms with E-state index in [1.807, 2.05) is 30.3 Å². The third-order valence-electron chi connectivity index (χ3n) is 4.83. The lowest BCUT2D eigenvalue weighted by Gasteiger charge is -2.07. The third kappa shape index (κ3) is 4.43. The van der Waals surface area contributed by atoms with E-state index in [9.17, 15) is 0 Å². The first-order valence-electron chi connectivity index (χ1n) is 9.71. The van der Waals surface area contributed by atoms with Gasteiger partial charge in [0.2, 0.25) is 0 Å². The van der Waals surface area contributed by atoms with Crippen molar-refractivity contribution in [3.8, 4) is 5.75 Å². The Labute approximate surface area is 163 Å². The van der Waals surface area contributed by atoms with Crippen LogP contribution in [0.5, 0.6) is 5.75 Å². The maximum absolute atomic E-state index is 5.90. The van der Waals surface area contributed by atoms with E-state index in [4.69, 9.17) is 10.5 Å². The average Bonchev–Trinajstić information content (AvgIpc) is 3.33. The second-order valence-electron chi connectivity index (χ2n) is 6.94. The van der Waals surface area contributed by atoms with Crippen LogP contribution in [0, 0.1) is 0 Å². The fourth-order valence-electron chi connectivity index (χ4n) is 3.33. The van der Waals surface area contributed by atoms with Crippen LogP contribution in [0.15, 0.2) is 47.2 Å². The van der Waals surface area contributed by atoms with Gasteiger partial charge in [-0.05, 0) is 85.0 Å². The quantitative estimate of drug-likeness (QED) is 0.287. The molecule has 0 aliphatic rings. The number of aryl methyl sites for hydroxylation is 1. The zero-order valence-corrected chi connectivity index (χ0v) is 15.8.